The van der Waals surface area contributed by atoms with Crippen molar-refractivity contribution in [3.63, 3.8) is 0 Å². The maximum absolute atomic E-state index is 12.9. The molecule has 4 nitrogen and oxygen atoms in total. The Morgan fingerprint density at radius 1 is 1.08 bits per heavy atom. The summed E-state index contributed by atoms with van der Waals surface area (Å²) in [7, 11) is 0. The van der Waals surface area contributed by atoms with Crippen molar-refractivity contribution in [1.82, 2.24) is 10.2 Å². The van der Waals surface area contributed by atoms with Gasteiger partial charge in [-0.25, -0.2) is 0 Å². The Morgan fingerprint density at radius 3 is 2.56 bits per heavy atom. The molecular formula is C21H24N2O2. The van der Waals surface area contributed by atoms with Gasteiger partial charge in [-0.15, -0.1) is 0 Å². The monoisotopic (exact) mass is 336 g/mol. The lowest BCUT2D eigenvalue weighted by Gasteiger charge is -2.29. The van der Waals surface area contributed by atoms with Gasteiger partial charge in [0.2, 0.25) is 0 Å². The van der Waals surface area contributed by atoms with Gasteiger partial charge in [-0.2, -0.15) is 0 Å². The van der Waals surface area contributed by atoms with Crippen LogP contribution in [-0.4, -0.2) is 29.3 Å². The molecule has 1 unspecified atom stereocenters. The van der Waals surface area contributed by atoms with E-state index in [9.17, 15) is 9.59 Å². The van der Waals surface area contributed by atoms with Crippen LogP contribution in [0.15, 0.2) is 48.5 Å². The Bertz CT molecular complexity index is 785. The van der Waals surface area contributed by atoms with E-state index < -0.39 is 0 Å². The topological polar surface area (TPSA) is 49.4 Å². The standard InChI is InChI=1S/C21H24N2O2/c1-3-15(2)22-20(24)17-9-6-10-18(13-17)21(25)23-12-11-16-7-4-5-8-19(16)14-23/h4-10,13,15H,3,11-12,14H2,1-2H3,(H,22,24). The summed E-state index contributed by atoms with van der Waals surface area (Å²) in [4.78, 5) is 27.0. The molecule has 1 aliphatic heterocycles. The van der Waals surface area contributed by atoms with Crippen LogP contribution in [0.4, 0.5) is 0 Å². The van der Waals surface area contributed by atoms with E-state index in [1.165, 1.54) is 11.1 Å². The average molecular weight is 336 g/mol. The molecule has 1 heterocycles. The number of fused-ring (bicyclic) bond motifs is 1. The van der Waals surface area contributed by atoms with Gasteiger partial charge in [0, 0.05) is 30.3 Å². The third-order valence-electron chi connectivity index (χ3n) is 4.78. The summed E-state index contributed by atoms with van der Waals surface area (Å²) in [5.74, 6) is -0.152. The first-order valence-corrected chi connectivity index (χ1v) is 8.85. The van der Waals surface area contributed by atoms with Gasteiger partial charge < -0.3 is 10.2 Å². The average Bonchev–Trinajstić information content (AvgIpc) is 2.67. The zero-order valence-corrected chi connectivity index (χ0v) is 14.8. The molecule has 0 spiro atoms. The molecule has 1 N–H and O–H groups in total. The summed E-state index contributed by atoms with van der Waals surface area (Å²) in [6.07, 6.45) is 1.74. The first-order valence-electron chi connectivity index (χ1n) is 8.85. The van der Waals surface area contributed by atoms with E-state index in [1.807, 2.05) is 30.9 Å². The molecular weight excluding hydrogens is 312 g/mol. The first kappa shape index (κ1) is 17.2. The number of amides is 2. The van der Waals surface area contributed by atoms with Gasteiger partial charge in [0.15, 0.2) is 0 Å². The summed E-state index contributed by atoms with van der Waals surface area (Å²) in [5.41, 5.74) is 3.61. The van der Waals surface area contributed by atoms with Gasteiger partial charge in [-0.1, -0.05) is 37.3 Å². The molecule has 2 aromatic rings. The van der Waals surface area contributed by atoms with Crippen molar-refractivity contribution in [3.8, 4) is 0 Å². The van der Waals surface area contributed by atoms with E-state index in [0.29, 0.717) is 24.2 Å². The number of hydrogen-bond acceptors (Lipinski definition) is 2. The Balaban J connectivity index is 1.75. The molecule has 4 heteroatoms. The highest BCUT2D eigenvalue weighted by molar-refractivity contribution is 5.99. The van der Waals surface area contributed by atoms with Gasteiger partial charge in [-0.3, -0.25) is 9.59 Å². The Labute approximate surface area is 148 Å². The first-order chi connectivity index (χ1) is 12.1. The molecule has 2 aromatic carbocycles. The van der Waals surface area contributed by atoms with Crippen LogP contribution in [0.1, 0.15) is 52.1 Å². The molecule has 3 rings (SSSR count). The third-order valence-corrected chi connectivity index (χ3v) is 4.78. The number of rotatable bonds is 4. The van der Waals surface area contributed by atoms with Crippen molar-refractivity contribution >= 4 is 11.8 Å². The van der Waals surface area contributed by atoms with Crippen molar-refractivity contribution in [2.75, 3.05) is 6.54 Å². The molecule has 0 aliphatic carbocycles. The van der Waals surface area contributed by atoms with Gasteiger partial charge in [0.1, 0.15) is 0 Å². The summed E-state index contributed by atoms with van der Waals surface area (Å²) in [6, 6.07) is 15.4. The van der Waals surface area contributed by atoms with E-state index in [1.54, 1.807) is 24.3 Å². The van der Waals surface area contributed by atoms with Crippen LogP contribution in [0.2, 0.25) is 0 Å². The molecule has 0 saturated heterocycles. The van der Waals surface area contributed by atoms with Crippen molar-refractivity contribution in [2.24, 2.45) is 0 Å². The second-order valence-corrected chi connectivity index (χ2v) is 6.61. The van der Waals surface area contributed by atoms with Crippen molar-refractivity contribution in [3.05, 3.63) is 70.8 Å². The van der Waals surface area contributed by atoms with Gasteiger partial charge in [0.05, 0.1) is 0 Å². The SMILES string of the molecule is CCC(C)NC(=O)c1cccc(C(=O)N2CCc3ccccc3C2)c1. The second kappa shape index (κ2) is 7.51. The largest absolute Gasteiger partial charge is 0.350 e. The van der Waals surface area contributed by atoms with Gasteiger partial charge in [0.25, 0.3) is 11.8 Å². The number of carbonyl (C=O) groups is 2. The molecule has 0 radical (unpaired) electrons. The molecule has 25 heavy (non-hydrogen) atoms. The predicted molar refractivity (Wildman–Crippen MR) is 98.5 cm³/mol. The number of nitrogens with zero attached hydrogens (tertiary/aromatic N) is 1. The minimum Gasteiger partial charge on any atom is -0.350 e. The van der Waals surface area contributed by atoms with E-state index in [2.05, 4.69) is 17.4 Å². The second-order valence-electron chi connectivity index (χ2n) is 6.61. The quantitative estimate of drug-likeness (QED) is 0.930. The summed E-state index contributed by atoms with van der Waals surface area (Å²) >= 11 is 0. The number of hydrogen-bond donors (Lipinski definition) is 1. The van der Waals surface area contributed by atoms with Crippen molar-refractivity contribution in [2.45, 2.75) is 39.3 Å². The zero-order valence-electron chi connectivity index (χ0n) is 14.8. The van der Waals surface area contributed by atoms with E-state index in [4.69, 9.17) is 0 Å². The molecule has 130 valence electrons. The third kappa shape index (κ3) is 3.90. The van der Waals surface area contributed by atoms with E-state index in [-0.39, 0.29) is 17.9 Å². The summed E-state index contributed by atoms with van der Waals surface area (Å²) < 4.78 is 0. The van der Waals surface area contributed by atoms with Crippen LogP contribution >= 0.6 is 0 Å². The molecule has 2 amide bonds. The van der Waals surface area contributed by atoms with Gasteiger partial charge >= 0.3 is 0 Å². The molecule has 1 aliphatic rings. The highest BCUT2D eigenvalue weighted by Gasteiger charge is 2.22. The fourth-order valence-electron chi connectivity index (χ4n) is 3.05. The highest BCUT2D eigenvalue weighted by atomic mass is 16.2. The fraction of sp³-hybridized carbons (Fsp3) is 0.333. The van der Waals surface area contributed by atoms with Crippen LogP contribution < -0.4 is 5.32 Å². The lowest BCUT2D eigenvalue weighted by atomic mass is 9.99. The van der Waals surface area contributed by atoms with E-state index in [0.717, 1.165) is 12.8 Å². The molecule has 1 atom stereocenters. The lowest BCUT2D eigenvalue weighted by molar-refractivity contribution is 0.0734. The van der Waals surface area contributed by atoms with Crippen LogP contribution in [0.3, 0.4) is 0 Å². The maximum Gasteiger partial charge on any atom is 0.254 e. The molecule has 0 saturated carbocycles. The smallest absolute Gasteiger partial charge is 0.254 e. The van der Waals surface area contributed by atoms with Crippen LogP contribution in [0.25, 0.3) is 0 Å². The summed E-state index contributed by atoms with van der Waals surface area (Å²) in [5, 5.41) is 2.94. The summed E-state index contributed by atoms with van der Waals surface area (Å²) in [6.45, 7) is 5.33. The number of benzene rings is 2. The van der Waals surface area contributed by atoms with Crippen LogP contribution in [0.5, 0.6) is 0 Å². The lowest BCUT2D eigenvalue weighted by Crippen LogP contribution is -2.36. The highest BCUT2D eigenvalue weighted by Crippen LogP contribution is 2.20. The number of nitrogens with one attached hydrogen (secondary N) is 1. The predicted octanol–water partition coefficient (Wildman–Crippen LogP) is 3.41. The number of carbonyl (C=O) groups excluding carboxylic acids is 2. The Morgan fingerprint density at radius 2 is 1.80 bits per heavy atom. The Kier molecular flexibility index (Phi) is 5.17. The molecule has 0 fully saturated rings. The van der Waals surface area contributed by atoms with Crippen LogP contribution in [-0.2, 0) is 13.0 Å². The van der Waals surface area contributed by atoms with Crippen molar-refractivity contribution in [1.29, 1.82) is 0 Å². The fourth-order valence-corrected chi connectivity index (χ4v) is 3.05. The minimum absolute atomic E-state index is 0.0207. The van der Waals surface area contributed by atoms with Crippen molar-refractivity contribution < 1.29 is 9.59 Å². The molecule has 0 bridgehead atoms. The van der Waals surface area contributed by atoms with E-state index >= 15 is 0 Å². The minimum atomic E-state index is -0.131. The maximum atomic E-state index is 12.9. The van der Waals surface area contributed by atoms with Crippen LogP contribution in [0, 0.1) is 0 Å². The Hall–Kier alpha value is -2.62. The normalized spacial score (nSPS) is 14.6. The molecule has 0 aromatic heterocycles. The van der Waals surface area contributed by atoms with Gasteiger partial charge in [-0.05, 0) is 49.1 Å². The zero-order chi connectivity index (χ0) is 17.8.